The molecule has 3 aliphatic rings. The first-order chi connectivity index (χ1) is 41.5. The Morgan fingerprint density at radius 2 is 1.32 bits per heavy atom. The van der Waals surface area contributed by atoms with Crippen molar-refractivity contribution in [3.05, 3.63) is 103 Å². The topological polar surface area (TPSA) is 274 Å². The SMILES string of the molecule is CN(CC=CC(=O)Nc1cc(Nc2cc(Oc3ccc(Oc4ccccc4)cc3)ncn2)cc(C(=O)N2CCOCC2)c1)CCCCNC(=O)CCCC(=O)NCCCOCCOCCOCCCNC(=O)CCCCC1SCC2NC(=O)NC21. The number of benzene rings is 3. The van der Waals surface area contributed by atoms with E-state index in [-0.39, 0.29) is 66.4 Å². The van der Waals surface area contributed by atoms with E-state index in [0.717, 1.165) is 56.6 Å². The maximum atomic E-state index is 13.6. The quantitative estimate of drug-likeness (QED) is 0.0142. The van der Waals surface area contributed by atoms with Crippen LogP contribution in [0.5, 0.6) is 23.1 Å². The summed E-state index contributed by atoms with van der Waals surface area (Å²) in [6.45, 7) is 7.48. The number of nitrogens with zero attached hydrogens (tertiary/aromatic N) is 4. The van der Waals surface area contributed by atoms with Crippen molar-refractivity contribution in [2.75, 3.05) is 122 Å². The summed E-state index contributed by atoms with van der Waals surface area (Å²) in [5.74, 6) is 2.88. The zero-order valence-electron chi connectivity index (χ0n) is 48.7. The number of hydrogen-bond donors (Lipinski definition) is 7. The number of rotatable bonds is 39. The predicted octanol–water partition coefficient (Wildman–Crippen LogP) is 6.56. The van der Waals surface area contributed by atoms with Gasteiger partial charge in [0.15, 0.2) is 0 Å². The number of fused-ring (bicyclic) bond motifs is 1. The fourth-order valence-corrected chi connectivity index (χ4v) is 11.0. The van der Waals surface area contributed by atoms with Crippen LogP contribution >= 0.6 is 11.8 Å². The van der Waals surface area contributed by atoms with E-state index in [2.05, 4.69) is 52.1 Å². The van der Waals surface area contributed by atoms with E-state index >= 15 is 0 Å². The van der Waals surface area contributed by atoms with E-state index in [0.29, 0.717) is 151 Å². The van der Waals surface area contributed by atoms with Crippen LogP contribution in [-0.2, 0) is 38.1 Å². The smallest absolute Gasteiger partial charge is 0.315 e. The Hall–Kier alpha value is -7.35. The Bertz CT molecular complexity index is 2740. The summed E-state index contributed by atoms with van der Waals surface area (Å²) in [5.41, 5.74) is 1.31. The number of carbonyl (C=O) groups is 6. The largest absolute Gasteiger partial charge is 0.457 e. The molecule has 7 amide bonds. The molecule has 3 atom stereocenters. The maximum Gasteiger partial charge on any atom is 0.315 e. The van der Waals surface area contributed by atoms with Crippen molar-refractivity contribution >= 4 is 64.5 Å². The third-order valence-electron chi connectivity index (χ3n) is 13.9. The van der Waals surface area contributed by atoms with Gasteiger partial charge in [0.1, 0.15) is 29.4 Å². The minimum Gasteiger partial charge on any atom is -0.457 e. The minimum atomic E-state index is -0.360. The molecule has 460 valence electrons. The molecule has 7 rings (SSSR count). The highest BCUT2D eigenvalue weighted by atomic mass is 32.2. The monoisotopic (exact) mass is 1190 g/mol. The van der Waals surface area contributed by atoms with E-state index in [1.807, 2.05) is 49.1 Å². The average Bonchev–Trinajstić information content (AvgIpc) is 4.30. The maximum absolute atomic E-state index is 13.6. The van der Waals surface area contributed by atoms with Crippen LogP contribution in [-0.4, -0.2) is 184 Å². The van der Waals surface area contributed by atoms with Crippen LogP contribution in [0.25, 0.3) is 0 Å². The molecule has 85 heavy (non-hydrogen) atoms. The van der Waals surface area contributed by atoms with Crippen LogP contribution < -0.4 is 46.7 Å². The van der Waals surface area contributed by atoms with Crippen molar-refractivity contribution in [2.45, 2.75) is 88.0 Å². The summed E-state index contributed by atoms with van der Waals surface area (Å²) < 4.78 is 34.1. The molecule has 3 aliphatic heterocycles. The molecule has 4 heterocycles. The Kier molecular flexibility index (Phi) is 28.5. The summed E-state index contributed by atoms with van der Waals surface area (Å²) in [6, 6.07) is 23.7. The van der Waals surface area contributed by atoms with E-state index in [1.165, 1.54) is 12.4 Å². The molecular weight excluding hydrogens is 1110 g/mol. The third kappa shape index (κ3) is 25.0. The zero-order valence-corrected chi connectivity index (χ0v) is 49.5. The number of nitrogens with one attached hydrogen (secondary N) is 7. The molecule has 3 fully saturated rings. The number of amides is 7. The number of thioether (sulfide) groups is 1. The van der Waals surface area contributed by atoms with Gasteiger partial charge in [-0.3, -0.25) is 24.0 Å². The number of likely N-dealkylation sites (N-methyl/N-ethyl adjacent to an activating group) is 1. The van der Waals surface area contributed by atoms with Crippen LogP contribution in [0.3, 0.4) is 0 Å². The Labute approximate surface area is 502 Å². The second-order valence-corrected chi connectivity index (χ2v) is 22.0. The van der Waals surface area contributed by atoms with Gasteiger partial charge in [0.25, 0.3) is 5.91 Å². The highest BCUT2D eigenvalue weighted by Gasteiger charge is 2.42. The van der Waals surface area contributed by atoms with Crippen LogP contribution in [0.1, 0.15) is 81.0 Å². The molecule has 23 nitrogen and oxygen atoms in total. The normalized spacial score (nSPS) is 16.3. The molecule has 4 aromatic rings. The van der Waals surface area contributed by atoms with Gasteiger partial charge in [-0.2, -0.15) is 11.8 Å². The van der Waals surface area contributed by atoms with Gasteiger partial charge in [0.05, 0.1) is 51.7 Å². The number of urea groups is 1. The molecule has 3 aromatic carbocycles. The molecule has 0 bridgehead atoms. The second-order valence-electron chi connectivity index (χ2n) is 20.7. The molecule has 24 heteroatoms. The van der Waals surface area contributed by atoms with E-state index in [1.54, 1.807) is 59.5 Å². The molecule has 0 radical (unpaired) electrons. The van der Waals surface area contributed by atoms with Gasteiger partial charge < -0.3 is 75.4 Å². The second kappa shape index (κ2) is 37.2. The van der Waals surface area contributed by atoms with Crippen LogP contribution in [0.15, 0.2) is 97.3 Å². The van der Waals surface area contributed by atoms with Crippen molar-refractivity contribution in [3.8, 4) is 23.1 Å². The van der Waals surface area contributed by atoms with Crippen molar-refractivity contribution < 1.29 is 57.2 Å². The molecule has 3 saturated heterocycles. The van der Waals surface area contributed by atoms with E-state index in [4.69, 9.17) is 28.4 Å². The highest BCUT2D eigenvalue weighted by Crippen LogP contribution is 2.33. The van der Waals surface area contributed by atoms with Gasteiger partial charge in [-0.25, -0.2) is 14.8 Å². The summed E-state index contributed by atoms with van der Waals surface area (Å²) in [4.78, 5) is 87.6. The molecule has 0 saturated carbocycles. The van der Waals surface area contributed by atoms with Gasteiger partial charge in [-0.15, -0.1) is 0 Å². The number of morpholine rings is 1. The van der Waals surface area contributed by atoms with Crippen molar-refractivity contribution in [2.24, 2.45) is 0 Å². The number of aromatic nitrogens is 2. The number of ether oxygens (including phenoxy) is 6. The lowest BCUT2D eigenvalue weighted by atomic mass is 10.0. The van der Waals surface area contributed by atoms with Crippen LogP contribution in [0, 0.1) is 0 Å². The molecule has 0 aliphatic carbocycles. The fraction of sp³-hybridized carbons (Fsp3) is 0.508. The predicted molar refractivity (Wildman–Crippen MR) is 325 cm³/mol. The number of hydrogen-bond acceptors (Lipinski definition) is 17. The molecule has 3 unspecified atom stereocenters. The van der Waals surface area contributed by atoms with E-state index < -0.39 is 0 Å². The van der Waals surface area contributed by atoms with Crippen LogP contribution in [0.4, 0.5) is 22.0 Å². The van der Waals surface area contributed by atoms with Crippen molar-refractivity contribution in [3.63, 3.8) is 0 Å². The Morgan fingerprint density at radius 1 is 0.694 bits per heavy atom. The first-order valence-electron chi connectivity index (χ1n) is 29.5. The molecule has 1 aromatic heterocycles. The minimum absolute atomic E-state index is 0.0576. The van der Waals surface area contributed by atoms with Gasteiger partial charge in [0.2, 0.25) is 29.5 Å². The highest BCUT2D eigenvalue weighted by molar-refractivity contribution is 8.00. The lowest BCUT2D eigenvalue weighted by Gasteiger charge is -2.27. The van der Waals surface area contributed by atoms with Gasteiger partial charge >= 0.3 is 6.03 Å². The fourth-order valence-electron chi connectivity index (χ4n) is 9.42. The molecule has 7 N–H and O–H groups in total. The number of carbonyl (C=O) groups excluding carboxylic acids is 6. The number of unbranched alkanes of at least 4 members (excludes halogenated alkanes) is 2. The van der Waals surface area contributed by atoms with E-state index in [9.17, 15) is 28.8 Å². The van der Waals surface area contributed by atoms with Crippen molar-refractivity contribution in [1.29, 1.82) is 0 Å². The third-order valence-corrected chi connectivity index (χ3v) is 15.4. The van der Waals surface area contributed by atoms with Gasteiger partial charge in [0, 0.05) is 112 Å². The zero-order chi connectivity index (χ0) is 59.7. The first kappa shape index (κ1) is 65.2. The van der Waals surface area contributed by atoms with Gasteiger partial charge in [-0.1, -0.05) is 30.7 Å². The first-order valence-corrected chi connectivity index (χ1v) is 30.6. The van der Waals surface area contributed by atoms with Crippen LogP contribution in [0.2, 0.25) is 0 Å². The molecule has 0 spiro atoms. The lowest BCUT2D eigenvalue weighted by molar-refractivity contribution is -0.123. The summed E-state index contributed by atoms with van der Waals surface area (Å²) in [5, 5.41) is 21.3. The number of anilines is 3. The average molecular weight is 1190 g/mol. The number of para-hydroxylation sites is 1. The lowest BCUT2D eigenvalue weighted by Crippen LogP contribution is -2.40. The Morgan fingerprint density at radius 3 is 2.01 bits per heavy atom. The van der Waals surface area contributed by atoms with Crippen molar-refractivity contribution in [1.82, 2.24) is 46.4 Å². The standard InChI is InChI=1S/C61H83N11O12S/c1-71(27-8-7-24-62-55(74)17-9-18-56(75)64-26-12-32-80-36-38-82-37-35-79-31-11-25-63-54(73)16-6-5-15-52-59-51(43-85-52)69-61(78)70-59)28-10-19-57(76)68-47-40-45(60(77)72-29-33-81-34-30-72)39-46(41-47)67-53-42-58(66-44-65-53)84-50-22-20-49(21-23-50)83-48-13-3-2-4-14-48/h2-4,10,13-14,19-23,39-42,44,51-52,59H,5-9,11-12,15-18,24-38,43H2,1H3,(H,62,74)(H,63,73)(H,64,75)(H,68,76)(H,65,66,67)(H2,69,70,78). The summed E-state index contributed by atoms with van der Waals surface area (Å²) in [7, 11) is 1.95. The van der Waals surface area contributed by atoms with Gasteiger partial charge in [-0.05, 0) is 113 Å². The summed E-state index contributed by atoms with van der Waals surface area (Å²) in [6.07, 6.45) is 11.9. The summed E-state index contributed by atoms with van der Waals surface area (Å²) >= 11 is 1.90. The molecular formula is C61H83N11O12S. The Balaban J connectivity index is 0.666.